The highest BCUT2D eigenvalue weighted by molar-refractivity contribution is 5.81. The number of benzene rings is 3. The van der Waals surface area contributed by atoms with Gasteiger partial charge in [-0.05, 0) is 24.3 Å². The highest BCUT2D eigenvalue weighted by Crippen LogP contribution is 2.11. The zero-order chi connectivity index (χ0) is 16.8. The molecule has 4 heteroatoms. The molecule has 4 nitrogen and oxygen atoms in total. The maximum Gasteiger partial charge on any atom is 0.216 e. The third kappa shape index (κ3) is 3.87. The van der Waals surface area contributed by atoms with Crippen LogP contribution in [-0.4, -0.2) is 21.9 Å². The molecule has 118 valence electrons. The van der Waals surface area contributed by atoms with Crippen LogP contribution in [0.1, 0.15) is 11.1 Å². The zero-order valence-electron chi connectivity index (χ0n) is 12.9. The molecule has 0 fully saturated rings. The number of rotatable bonds is 4. The Balaban J connectivity index is 1.79. The lowest BCUT2D eigenvalue weighted by molar-refractivity contribution is -0.354. The van der Waals surface area contributed by atoms with E-state index in [9.17, 15) is 10.4 Å². The van der Waals surface area contributed by atoms with Gasteiger partial charge in [0.05, 0.1) is 0 Å². The lowest BCUT2D eigenvalue weighted by Gasteiger charge is -2.03. The first-order valence-electron chi connectivity index (χ1n) is 7.55. The minimum Gasteiger partial charge on any atom is -0.618 e. The summed E-state index contributed by atoms with van der Waals surface area (Å²) in [5.74, 6) is 0. The molecule has 0 heterocycles. The van der Waals surface area contributed by atoms with Gasteiger partial charge in [0, 0.05) is 35.4 Å². The molecule has 0 atom stereocenters. The number of hydrogen-bond acceptors (Lipinski definition) is 2. The van der Waals surface area contributed by atoms with Crippen LogP contribution in [0.2, 0.25) is 0 Å². The monoisotopic (exact) mass is 316 g/mol. The van der Waals surface area contributed by atoms with Crippen molar-refractivity contribution in [2.75, 3.05) is 0 Å². The molecule has 0 radical (unpaired) electrons. The summed E-state index contributed by atoms with van der Waals surface area (Å²) in [5, 5.41) is 24.1. The Bertz CT molecular complexity index is 781. The molecule has 0 aliphatic heterocycles. The largest absolute Gasteiger partial charge is 0.618 e. The summed E-state index contributed by atoms with van der Waals surface area (Å²) in [5.41, 5.74) is 2.68. The highest BCUT2D eigenvalue weighted by Gasteiger charge is 2.03. The van der Waals surface area contributed by atoms with Crippen LogP contribution in [-0.2, 0) is 0 Å². The Hall–Kier alpha value is -3.40. The van der Waals surface area contributed by atoms with Crippen molar-refractivity contribution in [3.05, 3.63) is 106 Å². The van der Waals surface area contributed by atoms with Crippen molar-refractivity contribution in [2.45, 2.75) is 0 Å². The van der Waals surface area contributed by atoms with Crippen LogP contribution in [0.3, 0.4) is 0 Å². The topological polar surface area (TPSA) is 52.1 Å². The van der Waals surface area contributed by atoms with E-state index in [1.165, 1.54) is 12.4 Å². The predicted octanol–water partition coefficient (Wildman–Crippen LogP) is 4.21. The van der Waals surface area contributed by atoms with Crippen molar-refractivity contribution in [1.82, 2.24) is 0 Å². The maximum absolute atomic E-state index is 12.1. The van der Waals surface area contributed by atoms with E-state index in [1.807, 2.05) is 36.4 Å². The first-order valence-corrected chi connectivity index (χ1v) is 7.55. The fraction of sp³-hybridized carbons (Fsp3) is 0. The normalized spacial score (nSPS) is 12.2. The smallest absolute Gasteiger partial charge is 0.216 e. The molecule has 24 heavy (non-hydrogen) atoms. The molecular formula is C20H16N2O2. The molecule has 0 spiro atoms. The van der Waals surface area contributed by atoms with Crippen molar-refractivity contribution in [3.63, 3.8) is 0 Å². The summed E-state index contributed by atoms with van der Waals surface area (Å²) >= 11 is 0. The molecule has 3 aromatic carbocycles. The molecule has 0 N–H and O–H groups in total. The number of nitrogens with zero attached hydrogens (tertiary/aromatic N) is 2. The molecule has 0 saturated heterocycles. The van der Waals surface area contributed by atoms with Gasteiger partial charge in [-0.2, -0.15) is 9.48 Å². The fourth-order valence-corrected chi connectivity index (χ4v) is 2.24. The first kappa shape index (κ1) is 15.5. The maximum atomic E-state index is 12.1. The lowest BCUT2D eigenvalue weighted by atomic mass is 10.1. The fourth-order valence-electron chi connectivity index (χ4n) is 2.24. The van der Waals surface area contributed by atoms with Crippen molar-refractivity contribution in [3.8, 4) is 0 Å². The Kier molecular flexibility index (Phi) is 4.68. The van der Waals surface area contributed by atoms with Gasteiger partial charge in [-0.25, -0.2) is 0 Å². The second kappa shape index (κ2) is 7.24. The average molecular weight is 316 g/mol. The van der Waals surface area contributed by atoms with Gasteiger partial charge in [-0.1, -0.05) is 36.4 Å². The Morgan fingerprint density at radius 1 is 0.500 bits per heavy atom. The van der Waals surface area contributed by atoms with E-state index >= 15 is 0 Å². The quantitative estimate of drug-likeness (QED) is 0.313. The molecule has 0 aliphatic carbocycles. The summed E-state index contributed by atoms with van der Waals surface area (Å²) in [6, 6.07) is 25.2. The molecular weight excluding hydrogens is 300 g/mol. The predicted molar refractivity (Wildman–Crippen MR) is 96.2 cm³/mol. The Morgan fingerprint density at radius 3 is 1.17 bits per heavy atom. The highest BCUT2D eigenvalue weighted by atomic mass is 16.5. The Labute approximate surface area is 140 Å². The van der Waals surface area contributed by atoms with E-state index in [4.69, 9.17) is 0 Å². The van der Waals surface area contributed by atoms with E-state index in [2.05, 4.69) is 0 Å². The second-order valence-corrected chi connectivity index (χ2v) is 5.25. The summed E-state index contributed by atoms with van der Waals surface area (Å²) < 4.78 is 1.64. The van der Waals surface area contributed by atoms with Gasteiger partial charge in [-0.15, -0.1) is 0 Å². The van der Waals surface area contributed by atoms with E-state index in [-0.39, 0.29) is 0 Å². The molecule has 0 aliphatic rings. The standard InChI is InChI=1S/C20H16N2O2/c23-21(19-7-3-1-4-8-19)15-17-11-13-18(14-12-17)16-22(24)20-9-5-2-6-10-20/h1-16H/b21-15+,22-16+. The first-order chi connectivity index (χ1) is 11.7. The molecule has 3 aromatic rings. The van der Waals surface area contributed by atoms with Crippen molar-refractivity contribution in [2.24, 2.45) is 0 Å². The third-order valence-electron chi connectivity index (χ3n) is 3.49. The molecule has 0 bridgehead atoms. The van der Waals surface area contributed by atoms with Gasteiger partial charge in [0.15, 0.2) is 12.4 Å². The minimum atomic E-state index is 0.572. The van der Waals surface area contributed by atoms with E-state index in [0.717, 1.165) is 20.6 Å². The summed E-state index contributed by atoms with van der Waals surface area (Å²) in [6.45, 7) is 0. The molecule has 0 amide bonds. The van der Waals surface area contributed by atoms with Crippen LogP contribution in [0.4, 0.5) is 11.4 Å². The summed E-state index contributed by atoms with van der Waals surface area (Å²) in [4.78, 5) is 0. The van der Waals surface area contributed by atoms with E-state index < -0.39 is 0 Å². The molecule has 0 unspecified atom stereocenters. The van der Waals surface area contributed by atoms with E-state index in [1.54, 1.807) is 48.5 Å². The van der Waals surface area contributed by atoms with Gasteiger partial charge < -0.3 is 10.4 Å². The molecule has 0 aromatic heterocycles. The van der Waals surface area contributed by atoms with Crippen LogP contribution in [0.25, 0.3) is 0 Å². The molecule has 3 rings (SSSR count). The summed E-state index contributed by atoms with van der Waals surface area (Å²) in [6.07, 6.45) is 3.01. The van der Waals surface area contributed by atoms with Crippen molar-refractivity contribution in [1.29, 1.82) is 0 Å². The Morgan fingerprint density at radius 2 is 0.833 bits per heavy atom. The van der Waals surface area contributed by atoms with Crippen molar-refractivity contribution >= 4 is 23.8 Å². The average Bonchev–Trinajstić information content (AvgIpc) is 2.65. The lowest BCUT2D eigenvalue weighted by Crippen LogP contribution is -2.00. The van der Waals surface area contributed by atoms with Gasteiger partial charge in [0.2, 0.25) is 11.4 Å². The van der Waals surface area contributed by atoms with Gasteiger partial charge in [0.1, 0.15) is 0 Å². The second-order valence-electron chi connectivity index (χ2n) is 5.25. The third-order valence-corrected chi connectivity index (χ3v) is 3.49. The van der Waals surface area contributed by atoms with Gasteiger partial charge in [-0.3, -0.25) is 0 Å². The number of hydrogen-bond donors (Lipinski definition) is 0. The van der Waals surface area contributed by atoms with Crippen LogP contribution >= 0.6 is 0 Å². The summed E-state index contributed by atoms with van der Waals surface area (Å²) in [7, 11) is 0. The van der Waals surface area contributed by atoms with Crippen molar-refractivity contribution < 1.29 is 9.48 Å². The number of para-hydroxylation sites is 2. The van der Waals surface area contributed by atoms with Crippen LogP contribution in [0.5, 0.6) is 0 Å². The van der Waals surface area contributed by atoms with Crippen LogP contribution < -0.4 is 0 Å². The minimum absolute atomic E-state index is 0.572. The van der Waals surface area contributed by atoms with E-state index in [0.29, 0.717) is 11.4 Å². The van der Waals surface area contributed by atoms with Crippen LogP contribution in [0, 0.1) is 10.4 Å². The van der Waals surface area contributed by atoms with Gasteiger partial charge >= 0.3 is 0 Å². The molecule has 0 saturated carbocycles. The SMILES string of the molecule is [O-]/[N+](=C/c1ccc(/C=[N+](/[O-])c2ccccc2)cc1)c1ccccc1. The van der Waals surface area contributed by atoms with Gasteiger partial charge in [0.25, 0.3) is 0 Å². The van der Waals surface area contributed by atoms with Crippen LogP contribution in [0.15, 0.2) is 84.9 Å². The zero-order valence-corrected chi connectivity index (χ0v) is 12.9.